The summed E-state index contributed by atoms with van der Waals surface area (Å²) in [5, 5.41) is 0. The molecule has 2 fully saturated rings. The van der Waals surface area contributed by atoms with Gasteiger partial charge in [-0.25, -0.2) is 0 Å². The van der Waals surface area contributed by atoms with Gasteiger partial charge in [0, 0.05) is 12.1 Å². The zero-order valence-electron chi connectivity index (χ0n) is 6.84. The van der Waals surface area contributed by atoms with Gasteiger partial charge in [-0.2, -0.15) is 0 Å². The molecule has 1 heteroatoms. The highest BCUT2D eigenvalue weighted by atomic mass is 15.3. The lowest BCUT2D eigenvalue weighted by Gasteiger charge is -2.02. The second kappa shape index (κ2) is 2.54. The maximum absolute atomic E-state index is 2.69. The van der Waals surface area contributed by atoms with Gasteiger partial charge in [0.25, 0.3) is 0 Å². The van der Waals surface area contributed by atoms with E-state index in [1.807, 2.05) is 0 Å². The lowest BCUT2D eigenvalue weighted by Crippen LogP contribution is -2.02. The van der Waals surface area contributed by atoms with Crippen molar-refractivity contribution < 1.29 is 0 Å². The third-order valence-corrected chi connectivity index (χ3v) is 2.94. The largest absolute Gasteiger partial charge is 0.294 e. The summed E-state index contributed by atoms with van der Waals surface area (Å²) in [5.74, 6) is 0. The molecular formula is C9H17N. The first kappa shape index (κ1) is 6.66. The van der Waals surface area contributed by atoms with Crippen molar-refractivity contribution >= 4 is 0 Å². The van der Waals surface area contributed by atoms with Crippen LogP contribution in [0.25, 0.3) is 0 Å². The van der Waals surface area contributed by atoms with Gasteiger partial charge in [0.2, 0.25) is 0 Å². The van der Waals surface area contributed by atoms with Gasteiger partial charge in [0.1, 0.15) is 0 Å². The molecule has 1 aliphatic heterocycles. The predicted octanol–water partition coefficient (Wildman–Crippen LogP) is 2.02. The fourth-order valence-electron chi connectivity index (χ4n) is 2.41. The quantitative estimate of drug-likeness (QED) is 0.529. The maximum Gasteiger partial charge on any atom is 0.0255 e. The molecule has 0 bridgehead atoms. The van der Waals surface area contributed by atoms with Gasteiger partial charge in [-0.05, 0) is 25.8 Å². The zero-order valence-corrected chi connectivity index (χ0v) is 6.84. The molecule has 2 rings (SSSR count). The van der Waals surface area contributed by atoms with Crippen molar-refractivity contribution in [3.8, 4) is 0 Å². The van der Waals surface area contributed by atoms with Crippen LogP contribution >= 0.6 is 0 Å². The Morgan fingerprint density at radius 3 is 2.30 bits per heavy atom. The van der Waals surface area contributed by atoms with Crippen molar-refractivity contribution in [2.75, 3.05) is 6.54 Å². The van der Waals surface area contributed by atoms with E-state index in [2.05, 4.69) is 11.8 Å². The molecule has 1 saturated carbocycles. The van der Waals surface area contributed by atoms with Crippen LogP contribution in [-0.2, 0) is 0 Å². The molecule has 0 radical (unpaired) electrons. The lowest BCUT2D eigenvalue weighted by atomic mass is 10.0. The van der Waals surface area contributed by atoms with Crippen LogP contribution in [0.2, 0.25) is 0 Å². The van der Waals surface area contributed by atoms with Crippen molar-refractivity contribution in [2.45, 2.75) is 51.1 Å². The van der Waals surface area contributed by atoms with Gasteiger partial charge < -0.3 is 0 Å². The lowest BCUT2D eigenvalue weighted by molar-refractivity contribution is 0.475. The standard InChI is InChI=1S/C9H17N/c1-2-7-10-8-5-3-4-6-9(8)10/h8-9H,2-7H2,1H3. The Morgan fingerprint density at radius 1 is 1.20 bits per heavy atom. The molecule has 10 heavy (non-hydrogen) atoms. The summed E-state index contributed by atoms with van der Waals surface area (Å²) in [5.41, 5.74) is 0. The topological polar surface area (TPSA) is 3.01 Å². The first-order valence-corrected chi connectivity index (χ1v) is 4.69. The third kappa shape index (κ3) is 0.968. The summed E-state index contributed by atoms with van der Waals surface area (Å²) >= 11 is 0. The minimum absolute atomic E-state index is 1.02. The molecule has 0 spiro atoms. The van der Waals surface area contributed by atoms with Crippen LogP contribution in [0.5, 0.6) is 0 Å². The summed E-state index contributed by atoms with van der Waals surface area (Å²) in [6.45, 7) is 3.64. The smallest absolute Gasteiger partial charge is 0.0255 e. The zero-order chi connectivity index (χ0) is 6.97. The molecule has 0 aromatic carbocycles. The Bertz CT molecular complexity index is 110. The number of hydrogen-bond acceptors (Lipinski definition) is 1. The Balaban J connectivity index is 1.82. The van der Waals surface area contributed by atoms with Crippen LogP contribution in [0.15, 0.2) is 0 Å². The molecule has 0 amide bonds. The number of likely N-dealkylation sites (tertiary alicyclic amines) is 1. The molecule has 1 nitrogen and oxygen atoms in total. The summed E-state index contributed by atoms with van der Waals surface area (Å²) in [4.78, 5) is 2.69. The van der Waals surface area contributed by atoms with Crippen LogP contribution in [0.1, 0.15) is 39.0 Å². The monoisotopic (exact) mass is 139 g/mol. The van der Waals surface area contributed by atoms with E-state index in [0.717, 1.165) is 12.1 Å². The molecule has 58 valence electrons. The molecule has 2 aliphatic rings. The minimum atomic E-state index is 1.02. The summed E-state index contributed by atoms with van der Waals surface area (Å²) in [7, 11) is 0. The van der Waals surface area contributed by atoms with E-state index in [9.17, 15) is 0 Å². The summed E-state index contributed by atoms with van der Waals surface area (Å²) in [6.07, 6.45) is 7.30. The van der Waals surface area contributed by atoms with Crippen molar-refractivity contribution in [1.82, 2.24) is 4.90 Å². The highest BCUT2D eigenvalue weighted by Gasteiger charge is 2.46. The number of rotatable bonds is 2. The van der Waals surface area contributed by atoms with Crippen molar-refractivity contribution in [3.63, 3.8) is 0 Å². The van der Waals surface area contributed by atoms with Crippen LogP contribution in [0.3, 0.4) is 0 Å². The minimum Gasteiger partial charge on any atom is -0.294 e. The third-order valence-electron chi connectivity index (χ3n) is 2.94. The van der Waals surface area contributed by atoms with E-state index < -0.39 is 0 Å². The van der Waals surface area contributed by atoms with Crippen LogP contribution < -0.4 is 0 Å². The maximum atomic E-state index is 2.69. The fourth-order valence-corrected chi connectivity index (χ4v) is 2.41. The van der Waals surface area contributed by atoms with Crippen LogP contribution in [-0.4, -0.2) is 23.5 Å². The Morgan fingerprint density at radius 2 is 1.80 bits per heavy atom. The highest BCUT2D eigenvalue weighted by molar-refractivity contribution is 5.03. The number of fused-ring (bicyclic) bond motifs is 1. The van der Waals surface area contributed by atoms with E-state index in [1.165, 1.54) is 38.6 Å². The second-order valence-electron chi connectivity index (χ2n) is 3.66. The van der Waals surface area contributed by atoms with Gasteiger partial charge in [-0.3, -0.25) is 4.90 Å². The van der Waals surface area contributed by atoms with Gasteiger partial charge in [-0.15, -0.1) is 0 Å². The highest BCUT2D eigenvalue weighted by Crippen LogP contribution is 2.39. The average molecular weight is 139 g/mol. The first-order chi connectivity index (χ1) is 4.93. The summed E-state index contributed by atoms with van der Waals surface area (Å²) in [6, 6.07) is 2.04. The molecule has 1 heterocycles. The SMILES string of the molecule is CCCN1C2CCCCC21. The van der Waals surface area contributed by atoms with Gasteiger partial charge >= 0.3 is 0 Å². The number of hydrogen-bond donors (Lipinski definition) is 0. The van der Waals surface area contributed by atoms with Crippen LogP contribution in [0, 0.1) is 0 Å². The second-order valence-corrected chi connectivity index (χ2v) is 3.66. The van der Waals surface area contributed by atoms with Crippen molar-refractivity contribution in [1.29, 1.82) is 0 Å². The molecule has 0 N–H and O–H groups in total. The van der Waals surface area contributed by atoms with Gasteiger partial charge in [-0.1, -0.05) is 19.8 Å². The van der Waals surface area contributed by atoms with E-state index >= 15 is 0 Å². The molecule has 1 aliphatic carbocycles. The Labute approximate surface area is 63.4 Å². The fraction of sp³-hybridized carbons (Fsp3) is 1.00. The molecule has 0 aromatic rings. The Kier molecular flexibility index (Phi) is 1.69. The van der Waals surface area contributed by atoms with E-state index in [-0.39, 0.29) is 0 Å². The number of nitrogens with zero attached hydrogens (tertiary/aromatic N) is 1. The Hall–Kier alpha value is -0.0400. The average Bonchev–Trinajstić information content (AvgIpc) is 2.66. The normalized spacial score (nSPS) is 44.7. The molecule has 0 aromatic heterocycles. The van der Waals surface area contributed by atoms with E-state index in [4.69, 9.17) is 0 Å². The van der Waals surface area contributed by atoms with Gasteiger partial charge in [0.05, 0.1) is 0 Å². The summed E-state index contributed by atoms with van der Waals surface area (Å²) < 4.78 is 0. The van der Waals surface area contributed by atoms with Crippen molar-refractivity contribution in [2.24, 2.45) is 0 Å². The molecule has 2 unspecified atom stereocenters. The molecule has 1 saturated heterocycles. The first-order valence-electron chi connectivity index (χ1n) is 4.69. The van der Waals surface area contributed by atoms with Gasteiger partial charge in [0.15, 0.2) is 0 Å². The van der Waals surface area contributed by atoms with E-state index in [1.54, 1.807) is 0 Å². The van der Waals surface area contributed by atoms with Crippen LogP contribution in [0.4, 0.5) is 0 Å². The van der Waals surface area contributed by atoms with E-state index in [0.29, 0.717) is 0 Å². The van der Waals surface area contributed by atoms with Crippen molar-refractivity contribution in [3.05, 3.63) is 0 Å². The molecule has 2 atom stereocenters. The molecular weight excluding hydrogens is 122 g/mol. The predicted molar refractivity (Wildman–Crippen MR) is 43.0 cm³/mol.